The third-order valence-corrected chi connectivity index (χ3v) is 5.13. The van der Waals surface area contributed by atoms with Gasteiger partial charge in [-0.1, -0.05) is 0 Å². The smallest absolute Gasteiger partial charge is 0.227 e. The molecule has 144 valence electrons. The molecule has 26 heavy (non-hydrogen) atoms. The van der Waals surface area contributed by atoms with Gasteiger partial charge < -0.3 is 20.3 Å². The van der Waals surface area contributed by atoms with Crippen molar-refractivity contribution in [1.82, 2.24) is 10.6 Å². The number of halogens is 1. The number of rotatable bonds is 6. The van der Waals surface area contributed by atoms with E-state index in [4.69, 9.17) is 4.74 Å². The highest BCUT2D eigenvalue weighted by atomic mass is 35.5. The van der Waals surface area contributed by atoms with Crippen LogP contribution in [-0.4, -0.2) is 45.1 Å². The predicted octanol–water partition coefficient (Wildman–Crippen LogP) is 1.98. The molecule has 3 rings (SSSR count). The first-order valence-electron chi connectivity index (χ1n) is 9.10. The number of nitrogens with zero attached hydrogens (tertiary/aromatic N) is 1. The first-order chi connectivity index (χ1) is 12.2. The van der Waals surface area contributed by atoms with Crippen LogP contribution in [0, 0.1) is 11.8 Å². The maximum Gasteiger partial charge on any atom is 0.227 e. The fourth-order valence-corrected chi connectivity index (χ4v) is 3.61. The minimum Gasteiger partial charge on any atom is -0.497 e. The van der Waals surface area contributed by atoms with Crippen molar-refractivity contribution >= 4 is 29.9 Å². The molecule has 1 aromatic rings. The van der Waals surface area contributed by atoms with Crippen molar-refractivity contribution in [2.24, 2.45) is 11.8 Å². The zero-order valence-corrected chi connectivity index (χ0v) is 16.0. The first kappa shape index (κ1) is 20.5. The average Bonchev–Trinajstić information content (AvgIpc) is 3.04. The topological polar surface area (TPSA) is 70.7 Å². The summed E-state index contributed by atoms with van der Waals surface area (Å²) in [6.45, 7) is 3.29. The summed E-state index contributed by atoms with van der Waals surface area (Å²) in [5.74, 6) is 1.13. The molecule has 2 atom stereocenters. The molecule has 2 fully saturated rings. The van der Waals surface area contributed by atoms with E-state index in [0.717, 1.165) is 30.9 Å². The van der Waals surface area contributed by atoms with Crippen LogP contribution < -0.4 is 20.3 Å². The number of methoxy groups -OCH3 is 1. The van der Waals surface area contributed by atoms with Gasteiger partial charge in [-0.15, -0.1) is 12.4 Å². The maximum absolute atomic E-state index is 12.4. The summed E-state index contributed by atoms with van der Waals surface area (Å²) in [5, 5.41) is 6.41. The van der Waals surface area contributed by atoms with Gasteiger partial charge in [0, 0.05) is 25.2 Å². The molecule has 2 unspecified atom stereocenters. The molecule has 0 saturated carbocycles. The molecular formula is C19H28ClN3O3. The molecular weight excluding hydrogens is 354 g/mol. The van der Waals surface area contributed by atoms with E-state index in [1.165, 1.54) is 12.8 Å². The van der Waals surface area contributed by atoms with Crippen molar-refractivity contribution < 1.29 is 14.3 Å². The number of anilines is 1. The van der Waals surface area contributed by atoms with Crippen molar-refractivity contribution in [3.05, 3.63) is 24.3 Å². The van der Waals surface area contributed by atoms with Gasteiger partial charge in [-0.2, -0.15) is 0 Å². The second-order valence-electron chi connectivity index (χ2n) is 6.90. The highest BCUT2D eigenvalue weighted by Crippen LogP contribution is 2.27. The summed E-state index contributed by atoms with van der Waals surface area (Å²) in [4.78, 5) is 26.3. The Morgan fingerprint density at radius 2 is 2.12 bits per heavy atom. The molecule has 0 aliphatic carbocycles. The molecule has 2 heterocycles. The fourth-order valence-electron chi connectivity index (χ4n) is 3.61. The summed E-state index contributed by atoms with van der Waals surface area (Å²) >= 11 is 0. The molecule has 7 heteroatoms. The lowest BCUT2D eigenvalue weighted by molar-refractivity contribution is -0.126. The first-order valence-corrected chi connectivity index (χ1v) is 9.10. The van der Waals surface area contributed by atoms with Crippen molar-refractivity contribution in [1.29, 1.82) is 0 Å². The van der Waals surface area contributed by atoms with Crippen LogP contribution in [0.25, 0.3) is 0 Å². The number of hydrogen-bond acceptors (Lipinski definition) is 4. The van der Waals surface area contributed by atoms with Crippen molar-refractivity contribution in [3.63, 3.8) is 0 Å². The van der Waals surface area contributed by atoms with Crippen LogP contribution in [-0.2, 0) is 9.59 Å². The summed E-state index contributed by atoms with van der Waals surface area (Å²) in [6, 6.07) is 7.36. The predicted molar refractivity (Wildman–Crippen MR) is 104 cm³/mol. The normalized spacial score (nSPS) is 22.7. The number of nitrogens with one attached hydrogen (secondary N) is 2. The van der Waals surface area contributed by atoms with Crippen LogP contribution in [0.3, 0.4) is 0 Å². The number of amides is 2. The van der Waals surface area contributed by atoms with E-state index < -0.39 is 0 Å². The zero-order valence-electron chi connectivity index (χ0n) is 15.2. The Morgan fingerprint density at radius 3 is 2.77 bits per heavy atom. The summed E-state index contributed by atoms with van der Waals surface area (Å²) in [5.41, 5.74) is 0.814. The Morgan fingerprint density at radius 1 is 1.35 bits per heavy atom. The lowest BCUT2D eigenvalue weighted by Crippen LogP contribution is -2.36. The zero-order chi connectivity index (χ0) is 17.6. The quantitative estimate of drug-likeness (QED) is 0.790. The van der Waals surface area contributed by atoms with E-state index in [0.29, 0.717) is 19.0 Å². The number of benzene rings is 1. The van der Waals surface area contributed by atoms with Gasteiger partial charge >= 0.3 is 0 Å². The molecule has 2 aliphatic heterocycles. The second-order valence-corrected chi connectivity index (χ2v) is 6.90. The molecule has 0 aromatic heterocycles. The van der Waals surface area contributed by atoms with Gasteiger partial charge in [0.1, 0.15) is 5.75 Å². The molecule has 2 amide bonds. The van der Waals surface area contributed by atoms with E-state index in [1.54, 1.807) is 12.0 Å². The highest BCUT2D eigenvalue weighted by molar-refractivity contribution is 6.00. The minimum absolute atomic E-state index is 0. The monoisotopic (exact) mass is 381 g/mol. The Hall–Kier alpha value is -1.79. The van der Waals surface area contributed by atoms with Crippen LogP contribution in [0.2, 0.25) is 0 Å². The molecule has 0 radical (unpaired) electrons. The van der Waals surface area contributed by atoms with Crippen LogP contribution in [0.1, 0.15) is 25.7 Å². The average molecular weight is 382 g/mol. The Bertz CT molecular complexity index is 603. The Labute approximate surface area is 161 Å². The molecule has 1 aromatic carbocycles. The lowest BCUT2D eigenvalue weighted by Gasteiger charge is -2.23. The van der Waals surface area contributed by atoms with Crippen LogP contribution >= 0.6 is 12.4 Å². The van der Waals surface area contributed by atoms with Gasteiger partial charge in [0.2, 0.25) is 11.8 Å². The molecule has 0 bridgehead atoms. The van der Waals surface area contributed by atoms with E-state index in [1.807, 2.05) is 24.3 Å². The maximum atomic E-state index is 12.4. The number of hydrogen-bond donors (Lipinski definition) is 2. The van der Waals surface area contributed by atoms with Crippen molar-refractivity contribution in [2.75, 3.05) is 38.2 Å². The van der Waals surface area contributed by atoms with Crippen LogP contribution in [0.15, 0.2) is 24.3 Å². The molecule has 0 spiro atoms. The van der Waals surface area contributed by atoms with Crippen molar-refractivity contribution in [2.45, 2.75) is 25.7 Å². The molecule has 2 aliphatic rings. The third-order valence-electron chi connectivity index (χ3n) is 5.13. The van der Waals surface area contributed by atoms with Gasteiger partial charge in [-0.25, -0.2) is 0 Å². The van der Waals surface area contributed by atoms with Gasteiger partial charge in [0.05, 0.1) is 13.0 Å². The SMILES string of the molecule is COc1ccc(N2CC(C(=O)NCCC3CCCNC3)CC2=O)cc1.Cl. The van der Waals surface area contributed by atoms with Crippen LogP contribution in [0.4, 0.5) is 5.69 Å². The number of ether oxygens (including phenoxy) is 1. The van der Waals surface area contributed by atoms with Gasteiger partial charge in [-0.05, 0) is 62.5 Å². The summed E-state index contributed by atoms with van der Waals surface area (Å²) in [6.07, 6.45) is 3.73. The lowest BCUT2D eigenvalue weighted by atomic mass is 9.96. The van der Waals surface area contributed by atoms with E-state index in [9.17, 15) is 9.59 Å². The summed E-state index contributed by atoms with van der Waals surface area (Å²) < 4.78 is 5.14. The van der Waals surface area contributed by atoms with E-state index in [-0.39, 0.29) is 36.6 Å². The molecule has 2 saturated heterocycles. The van der Waals surface area contributed by atoms with Gasteiger partial charge in [0.25, 0.3) is 0 Å². The fraction of sp³-hybridized carbons (Fsp3) is 0.579. The third kappa shape index (κ3) is 5.11. The summed E-state index contributed by atoms with van der Waals surface area (Å²) in [7, 11) is 1.61. The van der Waals surface area contributed by atoms with E-state index >= 15 is 0 Å². The van der Waals surface area contributed by atoms with E-state index in [2.05, 4.69) is 10.6 Å². The molecule has 2 N–H and O–H groups in total. The number of carbonyl (C=O) groups is 2. The van der Waals surface area contributed by atoms with Crippen LogP contribution in [0.5, 0.6) is 5.75 Å². The Balaban J connectivity index is 0.00000243. The highest BCUT2D eigenvalue weighted by Gasteiger charge is 2.35. The number of piperidine rings is 1. The Kier molecular flexibility index (Phi) is 7.72. The minimum atomic E-state index is -0.265. The number of carbonyl (C=O) groups excluding carboxylic acids is 2. The second kappa shape index (κ2) is 9.78. The van der Waals surface area contributed by atoms with Gasteiger partial charge in [-0.3, -0.25) is 9.59 Å². The molecule has 6 nitrogen and oxygen atoms in total. The van der Waals surface area contributed by atoms with Gasteiger partial charge in [0.15, 0.2) is 0 Å². The van der Waals surface area contributed by atoms with Crippen molar-refractivity contribution in [3.8, 4) is 5.75 Å². The standard InChI is InChI=1S/C19H27N3O3.ClH/c1-25-17-6-4-16(5-7-17)22-13-15(11-18(22)23)19(24)21-10-8-14-3-2-9-20-12-14;/h4-7,14-15,20H,2-3,8-13H2,1H3,(H,21,24);1H. The largest absolute Gasteiger partial charge is 0.497 e.